The van der Waals surface area contributed by atoms with Gasteiger partial charge in [0.15, 0.2) is 0 Å². The lowest BCUT2D eigenvalue weighted by Crippen LogP contribution is -2.47. The standard InChI is InChI=1S/C21H29N5O2/c1-24(2)11-10-22-21(27)17-8-9-20(23-16-17)26-14-12-25(13-15-26)18-6-4-5-7-19(18)28-3/h4-9,16H,10-15H2,1-3H3,(H,22,27). The van der Waals surface area contributed by atoms with Crippen LogP contribution in [0.4, 0.5) is 11.5 Å². The van der Waals surface area contributed by atoms with Gasteiger partial charge < -0.3 is 24.8 Å². The van der Waals surface area contributed by atoms with Gasteiger partial charge in [-0.1, -0.05) is 12.1 Å². The molecular weight excluding hydrogens is 354 g/mol. The molecule has 150 valence electrons. The molecule has 0 aliphatic carbocycles. The lowest BCUT2D eigenvalue weighted by Gasteiger charge is -2.37. The van der Waals surface area contributed by atoms with E-state index < -0.39 is 0 Å². The third kappa shape index (κ3) is 4.92. The Bertz CT molecular complexity index is 771. The monoisotopic (exact) mass is 383 g/mol. The molecule has 0 saturated carbocycles. The normalized spacial score (nSPS) is 14.3. The molecule has 0 bridgehead atoms. The molecule has 0 radical (unpaired) electrons. The first-order valence-corrected chi connectivity index (χ1v) is 9.60. The highest BCUT2D eigenvalue weighted by molar-refractivity contribution is 5.94. The first-order valence-electron chi connectivity index (χ1n) is 9.60. The maximum absolute atomic E-state index is 12.2. The van der Waals surface area contributed by atoms with Crippen molar-refractivity contribution in [3.63, 3.8) is 0 Å². The number of amides is 1. The van der Waals surface area contributed by atoms with Crippen LogP contribution >= 0.6 is 0 Å². The number of carbonyl (C=O) groups is 1. The van der Waals surface area contributed by atoms with Crippen LogP contribution in [0.25, 0.3) is 0 Å². The minimum atomic E-state index is -0.0816. The van der Waals surface area contributed by atoms with Gasteiger partial charge in [-0.15, -0.1) is 0 Å². The quantitative estimate of drug-likeness (QED) is 0.786. The molecule has 2 aromatic rings. The van der Waals surface area contributed by atoms with Crippen LogP contribution in [0.5, 0.6) is 5.75 Å². The second-order valence-corrected chi connectivity index (χ2v) is 7.11. The van der Waals surface area contributed by atoms with E-state index in [0.717, 1.165) is 50.0 Å². The van der Waals surface area contributed by atoms with Crippen molar-refractivity contribution in [3.8, 4) is 5.75 Å². The van der Waals surface area contributed by atoms with Crippen molar-refractivity contribution in [1.29, 1.82) is 0 Å². The maximum atomic E-state index is 12.2. The Balaban J connectivity index is 1.55. The molecule has 0 spiro atoms. The highest BCUT2D eigenvalue weighted by Gasteiger charge is 2.20. The number of hydrogen-bond acceptors (Lipinski definition) is 6. The number of hydrogen-bond donors (Lipinski definition) is 1. The van der Waals surface area contributed by atoms with Gasteiger partial charge in [0.25, 0.3) is 5.91 Å². The summed E-state index contributed by atoms with van der Waals surface area (Å²) >= 11 is 0. The zero-order valence-electron chi connectivity index (χ0n) is 16.9. The SMILES string of the molecule is COc1ccccc1N1CCN(c2ccc(C(=O)NCCN(C)C)cn2)CC1. The molecular formula is C21H29N5O2. The summed E-state index contributed by atoms with van der Waals surface area (Å²) in [5.74, 6) is 1.73. The smallest absolute Gasteiger partial charge is 0.252 e. The predicted octanol–water partition coefficient (Wildman–Crippen LogP) is 1.71. The van der Waals surface area contributed by atoms with E-state index in [1.165, 1.54) is 0 Å². The molecule has 0 unspecified atom stereocenters. The zero-order valence-corrected chi connectivity index (χ0v) is 16.9. The molecule has 1 aromatic heterocycles. The summed E-state index contributed by atoms with van der Waals surface area (Å²) in [5, 5.41) is 2.91. The molecule has 1 fully saturated rings. The van der Waals surface area contributed by atoms with Gasteiger partial charge in [-0.3, -0.25) is 4.79 Å². The lowest BCUT2D eigenvalue weighted by atomic mass is 10.2. The highest BCUT2D eigenvalue weighted by Crippen LogP contribution is 2.28. The fraction of sp³-hybridized carbons (Fsp3) is 0.429. The maximum Gasteiger partial charge on any atom is 0.252 e. The summed E-state index contributed by atoms with van der Waals surface area (Å²) in [7, 11) is 5.67. The first-order chi connectivity index (χ1) is 13.6. The van der Waals surface area contributed by atoms with Crippen LogP contribution in [0.2, 0.25) is 0 Å². The molecule has 1 amide bonds. The van der Waals surface area contributed by atoms with Crippen molar-refractivity contribution < 1.29 is 9.53 Å². The largest absolute Gasteiger partial charge is 0.495 e. The van der Waals surface area contributed by atoms with Gasteiger partial charge in [0, 0.05) is 45.5 Å². The first kappa shape index (κ1) is 19.9. The average molecular weight is 383 g/mol. The van der Waals surface area contributed by atoms with Gasteiger partial charge in [-0.05, 0) is 38.4 Å². The number of pyridine rings is 1. The Morgan fingerprint density at radius 2 is 1.82 bits per heavy atom. The summed E-state index contributed by atoms with van der Waals surface area (Å²) in [4.78, 5) is 23.3. The number of piperazine rings is 1. The van der Waals surface area contributed by atoms with Crippen molar-refractivity contribution in [2.75, 3.05) is 70.3 Å². The number of para-hydroxylation sites is 2. The second-order valence-electron chi connectivity index (χ2n) is 7.11. The van der Waals surface area contributed by atoms with Crippen molar-refractivity contribution in [2.24, 2.45) is 0 Å². The number of ether oxygens (including phenoxy) is 1. The van der Waals surface area contributed by atoms with Crippen LogP contribution in [0.3, 0.4) is 0 Å². The van der Waals surface area contributed by atoms with Gasteiger partial charge in [-0.25, -0.2) is 4.98 Å². The van der Waals surface area contributed by atoms with E-state index in [0.29, 0.717) is 12.1 Å². The number of anilines is 2. The van der Waals surface area contributed by atoms with E-state index in [1.54, 1.807) is 13.3 Å². The predicted molar refractivity (Wildman–Crippen MR) is 113 cm³/mol. The van der Waals surface area contributed by atoms with Gasteiger partial charge >= 0.3 is 0 Å². The summed E-state index contributed by atoms with van der Waals surface area (Å²) < 4.78 is 5.48. The van der Waals surface area contributed by atoms with Crippen LogP contribution < -0.4 is 19.9 Å². The van der Waals surface area contributed by atoms with Crippen LogP contribution in [-0.4, -0.2) is 76.3 Å². The van der Waals surface area contributed by atoms with Gasteiger partial charge in [0.2, 0.25) is 0 Å². The topological polar surface area (TPSA) is 60.9 Å². The van der Waals surface area contributed by atoms with Crippen molar-refractivity contribution in [3.05, 3.63) is 48.2 Å². The number of carbonyl (C=O) groups excluding carboxylic acids is 1. The molecule has 2 heterocycles. The highest BCUT2D eigenvalue weighted by atomic mass is 16.5. The van der Waals surface area contributed by atoms with Crippen LogP contribution in [0, 0.1) is 0 Å². The summed E-state index contributed by atoms with van der Waals surface area (Å²) in [5.41, 5.74) is 1.72. The number of aromatic nitrogens is 1. The molecule has 28 heavy (non-hydrogen) atoms. The van der Waals surface area contributed by atoms with Gasteiger partial charge in [0.1, 0.15) is 11.6 Å². The Morgan fingerprint density at radius 1 is 1.11 bits per heavy atom. The molecule has 1 N–H and O–H groups in total. The summed E-state index contributed by atoms with van der Waals surface area (Å²) in [6.07, 6.45) is 1.66. The Labute approximate surface area is 166 Å². The van der Waals surface area contributed by atoms with Gasteiger partial charge in [0.05, 0.1) is 18.4 Å². The number of likely N-dealkylation sites (N-methyl/N-ethyl adjacent to an activating group) is 1. The Morgan fingerprint density at radius 3 is 2.46 bits per heavy atom. The number of nitrogens with one attached hydrogen (secondary N) is 1. The van der Waals surface area contributed by atoms with E-state index in [-0.39, 0.29) is 5.91 Å². The molecule has 1 aliphatic rings. The fourth-order valence-corrected chi connectivity index (χ4v) is 3.27. The number of nitrogens with zero attached hydrogens (tertiary/aromatic N) is 4. The molecule has 3 rings (SSSR count). The Hall–Kier alpha value is -2.80. The van der Waals surface area contributed by atoms with Crippen molar-refractivity contribution in [2.45, 2.75) is 0 Å². The molecule has 0 atom stereocenters. The third-order valence-corrected chi connectivity index (χ3v) is 4.88. The van der Waals surface area contributed by atoms with Gasteiger partial charge in [-0.2, -0.15) is 0 Å². The van der Waals surface area contributed by atoms with E-state index in [2.05, 4.69) is 26.2 Å². The van der Waals surface area contributed by atoms with Crippen LogP contribution in [0.1, 0.15) is 10.4 Å². The zero-order chi connectivity index (χ0) is 19.9. The van der Waals surface area contributed by atoms with E-state index in [9.17, 15) is 4.79 Å². The van der Waals surface area contributed by atoms with E-state index in [1.807, 2.05) is 49.3 Å². The molecule has 1 saturated heterocycles. The number of benzene rings is 1. The molecule has 1 aliphatic heterocycles. The Kier molecular flexibility index (Phi) is 6.71. The molecule has 7 nitrogen and oxygen atoms in total. The van der Waals surface area contributed by atoms with Crippen molar-refractivity contribution >= 4 is 17.4 Å². The fourth-order valence-electron chi connectivity index (χ4n) is 3.27. The summed E-state index contributed by atoms with van der Waals surface area (Å²) in [6, 6.07) is 11.9. The molecule has 7 heteroatoms. The third-order valence-electron chi connectivity index (χ3n) is 4.88. The minimum Gasteiger partial charge on any atom is -0.495 e. The van der Waals surface area contributed by atoms with E-state index in [4.69, 9.17) is 4.74 Å². The van der Waals surface area contributed by atoms with Crippen LogP contribution in [-0.2, 0) is 0 Å². The number of methoxy groups -OCH3 is 1. The minimum absolute atomic E-state index is 0.0816. The van der Waals surface area contributed by atoms with E-state index >= 15 is 0 Å². The lowest BCUT2D eigenvalue weighted by molar-refractivity contribution is 0.0950. The number of rotatable bonds is 7. The van der Waals surface area contributed by atoms with Crippen LogP contribution in [0.15, 0.2) is 42.6 Å². The summed E-state index contributed by atoms with van der Waals surface area (Å²) in [6.45, 7) is 4.98. The molecule has 1 aromatic carbocycles. The van der Waals surface area contributed by atoms with Crippen molar-refractivity contribution in [1.82, 2.24) is 15.2 Å². The average Bonchev–Trinajstić information content (AvgIpc) is 2.73. The second kappa shape index (κ2) is 9.41.